The molecule has 0 heterocycles. The number of hydrogen-bond donors (Lipinski definition) is 2. The zero-order valence-electron chi connectivity index (χ0n) is 9.63. The standard InChI is InChI=1S/C10H22N2O2/c1-5-12(4)7-6-11-8-10(2,3)9(13)14/h11H,5-8H2,1-4H3,(H,13,14). The lowest BCUT2D eigenvalue weighted by atomic mass is 9.94. The molecule has 0 radical (unpaired) electrons. The van der Waals surface area contributed by atoms with E-state index in [0.717, 1.165) is 19.6 Å². The van der Waals surface area contributed by atoms with Crippen LogP contribution in [-0.2, 0) is 4.79 Å². The molecule has 0 unspecified atom stereocenters. The van der Waals surface area contributed by atoms with E-state index in [1.807, 2.05) is 7.05 Å². The predicted molar refractivity (Wildman–Crippen MR) is 57.5 cm³/mol. The van der Waals surface area contributed by atoms with E-state index in [2.05, 4.69) is 17.1 Å². The van der Waals surface area contributed by atoms with Gasteiger partial charge in [-0.05, 0) is 27.4 Å². The van der Waals surface area contributed by atoms with E-state index in [9.17, 15) is 4.79 Å². The third-order valence-corrected chi connectivity index (χ3v) is 2.36. The molecule has 0 aliphatic heterocycles. The zero-order valence-corrected chi connectivity index (χ0v) is 9.63. The summed E-state index contributed by atoms with van der Waals surface area (Å²) in [6, 6.07) is 0. The molecule has 84 valence electrons. The van der Waals surface area contributed by atoms with Gasteiger partial charge in [-0.15, -0.1) is 0 Å². The van der Waals surface area contributed by atoms with Crippen molar-refractivity contribution in [3.63, 3.8) is 0 Å². The van der Waals surface area contributed by atoms with Gasteiger partial charge >= 0.3 is 5.97 Å². The van der Waals surface area contributed by atoms with Crippen molar-refractivity contribution in [1.29, 1.82) is 0 Å². The Morgan fingerprint density at radius 1 is 1.50 bits per heavy atom. The fourth-order valence-corrected chi connectivity index (χ4v) is 0.905. The van der Waals surface area contributed by atoms with Gasteiger partial charge in [-0.2, -0.15) is 0 Å². The summed E-state index contributed by atoms with van der Waals surface area (Å²) in [6.07, 6.45) is 0. The van der Waals surface area contributed by atoms with Crippen LogP contribution in [0.1, 0.15) is 20.8 Å². The first-order valence-corrected chi connectivity index (χ1v) is 5.03. The SMILES string of the molecule is CCN(C)CCNCC(C)(C)C(=O)O. The molecule has 0 saturated carbocycles. The van der Waals surface area contributed by atoms with E-state index in [-0.39, 0.29) is 0 Å². The summed E-state index contributed by atoms with van der Waals surface area (Å²) >= 11 is 0. The monoisotopic (exact) mass is 202 g/mol. The number of carboxylic acid groups (broad SMARTS) is 1. The molecule has 0 amide bonds. The van der Waals surface area contributed by atoms with Crippen LogP contribution in [0.2, 0.25) is 0 Å². The largest absolute Gasteiger partial charge is 0.481 e. The highest BCUT2D eigenvalue weighted by Gasteiger charge is 2.26. The predicted octanol–water partition coefficient (Wildman–Crippen LogP) is 0.639. The van der Waals surface area contributed by atoms with Gasteiger partial charge < -0.3 is 15.3 Å². The molecule has 0 aromatic heterocycles. The Labute approximate surface area is 86.3 Å². The highest BCUT2D eigenvalue weighted by molar-refractivity contribution is 5.73. The number of carbonyl (C=O) groups is 1. The van der Waals surface area contributed by atoms with E-state index >= 15 is 0 Å². The first kappa shape index (κ1) is 13.4. The molecular formula is C10H22N2O2. The molecule has 0 aliphatic rings. The van der Waals surface area contributed by atoms with Crippen molar-refractivity contribution in [2.24, 2.45) is 5.41 Å². The fraction of sp³-hybridized carbons (Fsp3) is 0.900. The maximum atomic E-state index is 10.8. The molecule has 0 aromatic rings. The highest BCUT2D eigenvalue weighted by atomic mass is 16.4. The van der Waals surface area contributed by atoms with Gasteiger partial charge in [0.1, 0.15) is 0 Å². The average Bonchev–Trinajstić information content (AvgIpc) is 2.11. The second-order valence-electron chi connectivity index (χ2n) is 4.26. The maximum Gasteiger partial charge on any atom is 0.310 e. The second-order valence-corrected chi connectivity index (χ2v) is 4.26. The molecule has 0 rings (SSSR count). The number of likely N-dealkylation sites (N-methyl/N-ethyl adjacent to an activating group) is 1. The Morgan fingerprint density at radius 3 is 2.50 bits per heavy atom. The van der Waals surface area contributed by atoms with Crippen LogP contribution in [-0.4, -0.2) is 49.2 Å². The van der Waals surface area contributed by atoms with Gasteiger partial charge in [0.15, 0.2) is 0 Å². The van der Waals surface area contributed by atoms with E-state index in [0.29, 0.717) is 6.54 Å². The summed E-state index contributed by atoms with van der Waals surface area (Å²) < 4.78 is 0. The third-order valence-electron chi connectivity index (χ3n) is 2.36. The van der Waals surface area contributed by atoms with E-state index < -0.39 is 11.4 Å². The smallest absolute Gasteiger partial charge is 0.310 e. The molecule has 2 N–H and O–H groups in total. The number of nitrogens with zero attached hydrogens (tertiary/aromatic N) is 1. The van der Waals surface area contributed by atoms with Crippen molar-refractivity contribution in [3.8, 4) is 0 Å². The minimum atomic E-state index is -0.756. The highest BCUT2D eigenvalue weighted by Crippen LogP contribution is 2.12. The summed E-state index contributed by atoms with van der Waals surface area (Å²) in [5.41, 5.74) is -0.676. The van der Waals surface area contributed by atoms with Crippen molar-refractivity contribution in [2.75, 3.05) is 33.2 Å². The Kier molecular flexibility index (Phi) is 5.72. The van der Waals surface area contributed by atoms with Gasteiger partial charge in [0, 0.05) is 19.6 Å². The molecule has 0 spiro atoms. The van der Waals surface area contributed by atoms with Gasteiger partial charge in [0.2, 0.25) is 0 Å². The fourth-order valence-electron chi connectivity index (χ4n) is 0.905. The number of rotatable bonds is 7. The van der Waals surface area contributed by atoms with E-state index in [4.69, 9.17) is 5.11 Å². The first-order valence-electron chi connectivity index (χ1n) is 5.03. The van der Waals surface area contributed by atoms with Crippen molar-refractivity contribution in [3.05, 3.63) is 0 Å². The summed E-state index contributed by atoms with van der Waals surface area (Å²) in [6.45, 7) is 8.87. The summed E-state index contributed by atoms with van der Waals surface area (Å²) in [7, 11) is 2.05. The van der Waals surface area contributed by atoms with Crippen LogP contribution in [0, 0.1) is 5.41 Å². The molecule has 4 heteroatoms. The minimum Gasteiger partial charge on any atom is -0.481 e. The lowest BCUT2D eigenvalue weighted by Gasteiger charge is -2.21. The Hall–Kier alpha value is -0.610. The van der Waals surface area contributed by atoms with E-state index in [1.165, 1.54) is 0 Å². The topological polar surface area (TPSA) is 52.6 Å². The van der Waals surface area contributed by atoms with Crippen LogP contribution in [0.3, 0.4) is 0 Å². The second kappa shape index (κ2) is 5.98. The summed E-state index contributed by atoms with van der Waals surface area (Å²) in [5.74, 6) is -0.756. The van der Waals surface area contributed by atoms with Crippen molar-refractivity contribution in [1.82, 2.24) is 10.2 Å². The van der Waals surface area contributed by atoms with Crippen LogP contribution >= 0.6 is 0 Å². The molecule has 0 aromatic carbocycles. The maximum absolute atomic E-state index is 10.8. The number of nitrogens with one attached hydrogen (secondary N) is 1. The normalized spacial score (nSPS) is 12.1. The van der Waals surface area contributed by atoms with E-state index in [1.54, 1.807) is 13.8 Å². The van der Waals surface area contributed by atoms with Gasteiger partial charge in [-0.1, -0.05) is 6.92 Å². The Balaban J connectivity index is 3.59. The Morgan fingerprint density at radius 2 is 2.07 bits per heavy atom. The molecule has 14 heavy (non-hydrogen) atoms. The van der Waals surface area contributed by atoms with Crippen LogP contribution < -0.4 is 5.32 Å². The van der Waals surface area contributed by atoms with Crippen LogP contribution in [0.15, 0.2) is 0 Å². The summed E-state index contributed by atoms with van der Waals surface area (Å²) in [4.78, 5) is 12.9. The van der Waals surface area contributed by atoms with Gasteiger partial charge in [-0.3, -0.25) is 4.79 Å². The first-order chi connectivity index (χ1) is 6.40. The molecule has 0 atom stereocenters. The van der Waals surface area contributed by atoms with Crippen LogP contribution in [0.4, 0.5) is 0 Å². The van der Waals surface area contributed by atoms with Gasteiger partial charge in [0.05, 0.1) is 5.41 Å². The number of hydrogen-bond acceptors (Lipinski definition) is 3. The minimum absolute atomic E-state index is 0.514. The van der Waals surface area contributed by atoms with Gasteiger partial charge in [0.25, 0.3) is 0 Å². The molecule has 0 aliphatic carbocycles. The number of carboxylic acids is 1. The van der Waals surface area contributed by atoms with Crippen LogP contribution in [0.5, 0.6) is 0 Å². The van der Waals surface area contributed by atoms with Crippen LogP contribution in [0.25, 0.3) is 0 Å². The number of aliphatic carboxylic acids is 1. The van der Waals surface area contributed by atoms with Crippen molar-refractivity contribution < 1.29 is 9.90 Å². The molecule has 4 nitrogen and oxygen atoms in total. The molecule has 0 fully saturated rings. The molecule has 0 saturated heterocycles. The van der Waals surface area contributed by atoms with Crippen molar-refractivity contribution >= 4 is 5.97 Å². The summed E-state index contributed by atoms with van der Waals surface area (Å²) in [5, 5.41) is 12.0. The lowest BCUT2D eigenvalue weighted by molar-refractivity contribution is -0.146. The van der Waals surface area contributed by atoms with Crippen molar-refractivity contribution in [2.45, 2.75) is 20.8 Å². The van der Waals surface area contributed by atoms with Gasteiger partial charge in [-0.25, -0.2) is 0 Å². The average molecular weight is 202 g/mol. The Bertz CT molecular complexity index is 181. The zero-order chi connectivity index (χ0) is 11.2. The quantitative estimate of drug-likeness (QED) is 0.595. The molecular weight excluding hydrogens is 180 g/mol. The lowest BCUT2D eigenvalue weighted by Crippen LogP contribution is -2.39. The molecule has 0 bridgehead atoms. The third kappa shape index (κ3) is 5.19.